The summed E-state index contributed by atoms with van der Waals surface area (Å²) in [6.45, 7) is 5.33. The smallest absolute Gasteiger partial charge is 0.234 e. The highest BCUT2D eigenvalue weighted by atomic mass is 16.4. The Morgan fingerprint density at radius 3 is 2.63 bits per heavy atom. The number of nitrogens with zero attached hydrogens (tertiary/aromatic N) is 2. The van der Waals surface area contributed by atoms with Crippen molar-refractivity contribution in [3.8, 4) is 0 Å². The largest absolute Gasteiger partial charge is 0.409 e. The van der Waals surface area contributed by atoms with Crippen LogP contribution >= 0.6 is 0 Å². The summed E-state index contributed by atoms with van der Waals surface area (Å²) in [5, 5.41) is 14.6. The summed E-state index contributed by atoms with van der Waals surface area (Å²) >= 11 is 0. The molecule has 1 aromatic heterocycles. The average molecular weight is 264 g/mol. The average Bonchev–Trinajstić information content (AvgIpc) is 2.46. The molecule has 0 aliphatic carbocycles. The van der Waals surface area contributed by atoms with E-state index < -0.39 is 5.41 Å². The van der Waals surface area contributed by atoms with Gasteiger partial charge >= 0.3 is 0 Å². The molecule has 0 aliphatic rings. The van der Waals surface area contributed by atoms with E-state index in [1.54, 1.807) is 19.3 Å². The third-order valence-corrected chi connectivity index (χ3v) is 3.44. The van der Waals surface area contributed by atoms with Gasteiger partial charge in [-0.25, -0.2) is 0 Å². The number of nitrogens with one attached hydrogen (secondary N) is 1. The zero-order valence-electron chi connectivity index (χ0n) is 11.4. The van der Waals surface area contributed by atoms with Gasteiger partial charge in [-0.1, -0.05) is 12.1 Å². The van der Waals surface area contributed by atoms with Gasteiger partial charge in [-0.05, 0) is 38.0 Å². The summed E-state index contributed by atoms with van der Waals surface area (Å²) < 4.78 is 0. The molecule has 1 aromatic rings. The number of hydrogen-bond donors (Lipinski definition) is 3. The molecule has 0 bridgehead atoms. The van der Waals surface area contributed by atoms with Crippen LogP contribution in [0.1, 0.15) is 38.8 Å². The van der Waals surface area contributed by atoms with Crippen LogP contribution in [-0.4, -0.2) is 21.9 Å². The number of aromatic nitrogens is 1. The molecule has 0 spiro atoms. The molecule has 104 valence electrons. The predicted octanol–water partition coefficient (Wildman–Crippen LogP) is 1.42. The van der Waals surface area contributed by atoms with Gasteiger partial charge in [0.2, 0.25) is 5.91 Å². The normalized spacial score (nSPS) is 16.5. The van der Waals surface area contributed by atoms with Crippen molar-refractivity contribution in [1.82, 2.24) is 10.3 Å². The van der Waals surface area contributed by atoms with E-state index in [0.29, 0.717) is 6.42 Å². The lowest BCUT2D eigenvalue weighted by molar-refractivity contribution is -0.127. The minimum atomic E-state index is -1.02. The second kappa shape index (κ2) is 6.17. The molecule has 0 saturated heterocycles. The molecule has 4 N–H and O–H groups in total. The second-order valence-corrected chi connectivity index (χ2v) is 4.65. The summed E-state index contributed by atoms with van der Waals surface area (Å²) in [5.74, 6) is -0.357. The topological polar surface area (TPSA) is 101 Å². The number of pyridine rings is 1. The van der Waals surface area contributed by atoms with E-state index >= 15 is 0 Å². The molecular formula is C13H20N4O2. The molecule has 0 aromatic carbocycles. The maximum Gasteiger partial charge on any atom is 0.234 e. The third kappa shape index (κ3) is 3.21. The third-order valence-electron chi connectivity index (χ3n) is 3.44. The van der Waals surface area contributed by atoms with Gasteiger partial charge in [-0.15, -0.1) is 0 Å². The molecule has 0 aliphatic heterocycles. The Hall–Kier alpha value is -2.11. The van der Waals surface area contributed by atoms with Crippen molar-refractivity contribution in [3.63, 3.8) is 0 Å². The molecule has 2 atom stereocenters. The van der Waals surface area contributed by atoms with Crippen LogP contribution < -0.4 is 11.1 Å². The summed E-state index contributed by atoms with van der Waals surface area (Å²) in [5.41, 5.74) is 5.53. The monoisotopic (exact) mass is 264 g/mol. The van der Waals surface area contributed by atoms with E-state index in [4.69, 9.17) is 10.9 Å². The van der Waals surface area contributed by atoms with Crippen molar-refractivity contribution in [1.29, 1.82) is 0 Å². The highest BCUT2D eigenvalue weighted by Gasteiger charge is 2.37. The van der Waals surface area contributed by atoms with Gasteiger partial charge in [0.05, 0.1) is 6.04 Å². The van der Waals surface area contributed by atoms with Crippen molar-refractivity contribution >= 4 is 11.7 Å². The van der Waals surface area contributed by atoms with Crippen molar-refractivity contribution in [2.45, 2.75) is 33.2 Å². The van der Waals surface area contributed by atoms with Crippen molar-refractivity contribution < 1.29 is 10.0 Å². The van der Waals surface area contributed by atoms with E-state index in [1.165, 1.54) is 0 Å². The lowest BCUT2D eigenvalue weighted by atomic mass is 9.85. The van der Waals surface area contributed by atoms with Gasteiger partial charge in [-0.3, -0.25) is 9.78 Å². The predicted molar refractivity (Wildman–Crippen MR) is 72.6 cm³/mol. The maximum absolute atomic E-state index is 12.3. The van der Waals surface area contributed by atoms with Gasteiger partial charge < -0.3 is 16.3 Å². The van der Waals surface area contributed by atoms with Crippen LogP contribution in [0.25, 0.3) is 0 Å². The highest BCUT2D eigenvalue weighted by molar-refractivity contribution is 6.06. The standard InChI is InChI=1S/C13H20N4O2/c1-4-13(3,11(14)17-19)12(18)16-9(2)10-5-7-15-8-6-10/h5-9,19H,4H2,1-3H3,(H2,14,17)(H,16,18). The molecule has 6 heteroatoms. The van der Waals surface area contributed by atoms with E-state index in [0.717, 1.165) is 5.56 Å². The first-order valence-corrected chi connectivity index (χ1v) is 6.14. The zero-order valence-corrected chi connectivity index (χ0v) is 11.4. The Bertz CT molecular complexity index is 461. The fourth-order valence-electron chi connectivity index (χ4n) is 1.66. The zero-order chi connectivity index (χ0) is 14.5. The van der Waals surface area contributed by atoms with Crippen LogP contribution in [0.4, 0.5) is 0 Å². The molecule has 19 heavy (non-hydrogen) atoms. The molecule has 0 fully saturated rings. The summed E-state index contributed by atoms with van der Waals surface area (Å²) in [7, 11) is 0. The number of carbonyl (C=O) groups excluding carboxylic acids is 1. The summed E-state index contributed by atoms with van der Waals surface area (Å²) in [6.07, 6.45) is 3.78. The molecule has 1 amide bonds. The SMILES string of the molecule is CCC(C)(C(=O)NC(C)c1ccncc1)/C(N)=N/O. The van der Waals surface area contributed by atoms with Crippen LogP contribution in [0.5, 0.6) is 0 Å². The fourth-order valence-corrected chi connectivity index (χ4v) is 1.66. The maximum atomic E-state index is 12.3. The van der Waals surface area contributed by atoms with Gasteiger partial charge in [0.15, 0.2) is 5.84 Å². The minimum absolute atomic E-state index is 0.0885. The molecule has 1 rings (SSSR count). The molecule has 6 nitrogen and oxygen atoms in total. The number of oxime groups is 1. The Balaban J connectivity index is 2.84. The number of hydrogen-bond acceptors (Lipinski definition) is 4. The number of rotatable bonds is 5. The van der Waals surface area contributed by atoms with E-state index in [9.17, 15) is 4.79 Å². The van der Waals surface area contributed by atoms with Crippen LogP contribution in [0, 0.1) is 5.41 Å². The lowest BCUT2D eigenvalue weighted by Gasteiger charge is -2.27. The van der Waals surface area contributed by atoms with Gasteiger partial charge in [0, 0.05) is 12.4 Å². The molecule has 2 unspecified atom stereocenters. The van der Waals surface area contributed by atoms with Gasteiger partial charge in [0.1, 0.15) is 5.41 Å². The van der Waals surface area contributed by atoms with E-state index in [1.807, 2.05) is 26.0 Å². The molecule has 0 radical (unpaired) electrons. The van der Waals surface area contributed by atoms with E-state index in [2.05, 4.69) is 15.5 Å². The van der Waals surface area contributed by atoms with Crippen LogP contribution in [-0.2, 0) is 4.79 Å². The van der Waals surface area contributed by atoms with Crippen molar-refractivity contribution in [2.75, 3.05) is 0 Å². The fraction of sp³-hybridized carbons (Fsp3) is 0.462. The van der Waals surface area contributed by atoms with Crippen LogP contribution in [0.2, 0.25) is 0 Å². The van der Waals surface area contributed by atoms with Crippen LogP contribution in [0.3, 0.4) is 0 Å². The first-order valence-electron chi connectivity index (χ1n) is 6.14. The van der Waals surface area contributed by atoms with Crippen LogP contribution in [0.15, 0.2) is 29.7 Å². The number of carbonyl (C=O) groups is 1. The highest BCUT2D eigenvalue weighted by Crippen LogP contribution is 2.23. The molecular weight excluding hydrogens is 244 g/mol. The molecule has 1 heterocycles. The number of nitrogens with two attached hydrogens (primary N) is 1. The molecule has 0 saturated carbocycles. The Labute approximate surface area is 112 Å². The Morgan fingerprint density at radius 1 is 1.58 bits per heavy atom. The second-order valence-electron chi connectivity index (χ2n) is 4.65. The summed E-state index contributed by atoms with van der Waals surface area (Å²) in [4.78, 5) is 16.2. The summed E-state index contributed by atoms with van der Waals surface area (Å²) in [6, 6.07) is 3.49. The lowest BCUT2D eigenvalue weighted by Crippen LogP contribution is -2.48. The van der Waals surface area contributed by atoms with E-state index in [-0.39, 0.29) is 17.8 Å². The Kier molecular flexibility index (Phi) is 4.86. The van der Waals surface area contributed by atoms with Gasteiger partial charge in [0.25, 0.3) is 0 Å². The van der Waals surface area contributed by atoms with Crippen molar-refractivity contribution in [2.24, 2.45) is 16.3 Å². The van der Waals surface area contributed by atoms with Gasteiger partial charge in [-0.2, -0.15) is 0 Å². The Morgan fingerprint density at radius 2 is 2.16 bits per heavy atom. The van der Waals surface area contributed by atoms with Crippen molar-refractivity contribution in [3.05, 3.63) is 30.1 Å². The number of amidine groups is 1. The minimum Gasteiger partial charge on any atom is -0.409 e. The first kappa shape index (κ1) is 14.9. The number of amides is 1. The first-order chi connectivity index (χ1) is 8.95. The quantitative estimate of drug-likeness (QED) is 0.324.